The standard InChI is InChI=1S/C27H24N4O2/c32-26(15-19-7-2-1-3-8-19)29-22-17-28-31(18-22)23-11-6-10-21(16-23)27(33)30-25-14-13-20-9-4-5-12-24(20)25/h1-12,16-18,25H,13-15H2,(H,29,32)(H,30,33)/t25-/m1/s1. The van der Waals surface area contributed by atoms with E-state index < -0.39 is 0 Å². The van der Waals surface area contributed by atoms with Gasteiger partial charge >= 0.3 is 0 Å². The van der Waals surface area contributed by atoms with Crippen molar-refractivity contribution in [3.63, 3.8) is 0 Å². The van der Waals surface area contributed by atoms with E-state index in [2.05, 4.69) is 27.9 Å². The quantitative estimate of drug-likeness (QED) is 0.468. The highest BCUT2D eigenvalue weighted by atomic mass is 16.2. The Morgan fingerprint density at radius 1 is 0.970 bits per heavy atom. The Balaban J connectivity index is 1.25. The lowest BCUT2D eigenvalue weighted by Gasteiger charge is -2.14. The summed E-state index contributed by atoms with van der Waals surface area (Å²) in [4.78, 5) is 25.2. The number of hydrogen-bond donors (Lipinski definition) is 2. The summed E-state index contributed by atoms with van der Waals surface area (Å²) in [6.07, 6.45) is 5.54. The zero-order valence-electron chi connectivity index (χ0n) is 18.1. The molecule has 6 nitrogen and oxygen atoms in total. The fraction of sp³-hybridized carbons (Fsp3) is 0.148. The van der Waals surface area contributed by atoms with Crippen molar-refractivity contribution in [2.45, 2.75) is 25.3 Å². The van der Waals surface area contributed by atoms with E-state index in [0.717, 1.165) is 24.1 Å². The minimum atomic E-state index is -0.109. The lowest BCUT2D eigenvalue weighted by Crippen LogP contribution is -2.27. The maximum absolute atomic E-state index is 12.9. The Labute approximate surface area is 192 Å². The van der Waals surface area contributed by atoms with Crippen LogP contribution in [0.5, 0.6) is 0 Å². The molecular formula is C27H24N4O2. The van der Waals surface area contributed by atoms with Crippen LogP contribution in [0.1, 0.15) is 39.5 Å². The van der Waals surface area contributed by atoms with Gasteiger partial charge in [0.2, 0.25) is 5.91 Å². The van der Waals surface area contributed by atoms with E-state index in [1.165, 1.54) is 11.1 Å². The first kappa shape index (κ1) is 20.7. The van der Waals surface area contributed by atoms with Crippen molar-refractivity contribution < 1.29 is 9.59 Å². The van der Waals surface area contributed by atoms with Gasteiger partial charge in [-0.3, -0.25) is 9.59 Å². The largest absolute Gasteiger partial charge is 0.345 e. The highest BCUT2D eigenvalue weighted by molar-refractivity contribution is 5.95. The second-order valence-corrected chi connectivity index (χ2v) is 8.20. The molecule has 0 saturated heterocycles. The number of aryl methyl sites for hydroxylation is 1. The zero-order valence-corrected chi connectivity index (χ0v) is 18.1. The molecule has 5 rings (SSSR count). The number of hydrogen-bond acceptors (Lipinski definition) is 3. The summed E-state index contributed by atoms with van der Waals surface area (Å²) in [6.45, 7) is 0. The fourth-order valence-electron chi connectivity index (χ4n) is 4.25. The van der Waals surface area contributed by atoms with Crippen LogP contribution < -0.4 is 10.6 Å². The van der Waals surface area contributed by atoms with Gasteiger partial charge in [0.25, 0.3) is 5.91 Å². The second-order valence-electron chi connectivity index (χ2n) is 8.20. The summed E-state index contributed by atoms with van der Waals surface area (Å²) in [5.74, 6) is -0.215. The van der Waals surface area contributed by atoms with Crippen molar-refractivity contribution >= 4 is 17.5 Å². The monoisotopic (exact) mass is 436 g/mol. The van der Waals surface area contributed by atoms with Crippen molar-refractivity contribution in [3.8, 4) is 5.69 Å². The van der Waals surface area contributed by atoms with Gasteiger partial charge in [-0.1, -0.05) is 60.7 Å². The molecule has 1 atom stereocenters. The minimum absolute atomic E-state index is 0.0356. The number of anilines is 1. The highest BCUT2D eigenvalue weighted by Crippen LogP contribution is 2.31. The summed E-state index contributed by atoms with van der Waals surface area (Å²) >= 11 is 0. The minimum Gasteiger partial charge on any atom is -0.345 e. The Bertz CT molecular complexity index is 1300. The number of aromatic nitrogens is 2. The van der Waals surface area contributed by atoms with Gasteiger partial charge in [-0.15, -0.1) is 0 Å². The molecule has 4 aromatic rings. The summed E-state index contributed by atoms with van der Waals surface area (Å²) in [5.41, 5.74) is 5.37. The SMILES string of the molecule is O=C(Cc1ccccc1)Nc1cnn(-c2cccc(C(=O)N[C@@H]3CCc4ccccc43)c2)c1. The summed E-state index contributed by atoms with van der Waals surface area (Å²) in [7, 11) is 0. The van der Waals surface area contributed by atoms with E-state index in [1.807, 2.05) is 54.6 Å². The van der Waals surface area contributed by atoms with E-state index in [-0.39, 0.29) is 17.9 Å². The van der Waals surface area contributed by atoms with Gasteiger partial charge < -0.3 is 10.6 Å². The third-order valence-electron chi connectivity index (χ3n) is 5.88. The van der Waals surface area contributed by atoms with Crippen LogP contribution in [-0.4, -0.2) is 21.6 Å². The van der Waals surface area contributed by atoms with Crippen LogP contribution in [0.15, 0.2) is 91.3 Å². The van der Waals surface area contributed by atoms with E-state index in [1.54, 1.807) is 29.2 Å². The molecule has 164 valence electrons. The number of nitrogens with one attached hydrogen (secondary N) is 2. The molecular weight excluding hydrogens is 412 g/mol. The van der Waals surface area contributed by atoms with Crippen molar-refractivity contribution in [2.24, 2.45) is 0 Å². The Morgan fingerprint density at radius 3 is 2.67 bits per heavy atom. The average Bonchev–Trinajstić information content (AvgIpc) is 3.47. The molecule has 3 aromatic carbocycles. The molecule has 1 aromatic heterocycles. The molecule has 0 spiro atoms. The molecule has 2 amide bonds. The predicted octanol–water partition coefficient (Wildman–Crippen LogP) is 4.47. The number of carbonyl (C=O) groups excluding carboxylic acids is 2. The van der Waals surface area contributed by atoms with Crippen LogP contribution >= 0.6 is 0 Å². The highest BCUT2D eigenvalue weighted by Gasteiger charge is 2.23. The van der Waals surface area contributed by atoms with Gasteiger partial charge in [-0.2, -0.15) is 5.10 Å². The second kappa shape index (κ2) is 9.12. The van der Waals surface area contributed by atoms with E-state index >= 15 is 0 Å². The van der Waals surface area contributed by atoms with E-state index in [4.69, 9.17) is 0 Å². The lowest BCUT2D eigenvalue weighted by molar-refractivity contribution is -0.115. The van der Waals surface area contributed by atoms with Crippen LogP contribution in [0, 0.1) is 0 Å². The van der Waals surface area contributed by atoms with Gasteiger partial charge in [0, 0.05) is 5.56 Å². The fourth-order valence-corrected chi connectivity index (χ4v) is 4.25. The summed E-state index contributed by atoms with van der Waals surface area (Å²) < 4.78 is 1.65. The van der Waals surface area contributed by atoms with Crippen LogP contribution in [0.4, 0.5) is 5.69 Å². The molecule has 1 heterocycles. The molecule has 0 fully saturated rings. The predicted molar refractivity (Wildman–Crippen MR) is 127 cm³/mol. The topological polar surface area (TPSA) is 76.0 Å². The number of rotatable bonds is 6. The van der Waals surface area contributed by atoms with Gasteiger partial charge in [0.1, 0.15) is 0 Å². The first-order valence-electron chi connectivity index (χ1n) is 11.0. The summed E-state index contributed by atoms with van der Waals surface area (Å²) in [6, 6.07) is 25.2. The molecule has 0 bridgehead atoms. The number of benzene rings is 3. The van der Waals surface area contributed by atoms with Gasteiger partial charge in [0.15, 0.2) is 0 Å². The number of carbonyl (C=O) groups is 2. The van der Waals surface area contributed by atoms with E-state index in [9.17, 15) is 9.59 Å². The van der Waals surface area contributed by atoms with Crippen molar-refractivity contribution in [1.29, 1.82) is 0 Å². The molecule has 1 aliphatic carbocycles. The van der Waals surface area contributed by atoms with Crippen LogP contribution in [0.3, 0.4) is 0 Å². The zero-order chi connectivity index (χ0) is 22.6. The molecule has 0 aliphatic heterocycles. The lowest BCUT2D eigenvalue weighted by atomic mass is 10.1. The molecule has 0 unspecified atom stereocenters. The van der Waals surface area contributed by atoms with Crippen molar-refractivity contribution in [1.82, 2.24) is 15.1 Å². The Morgan fingerprint density at radius 2 is 1.79 bits per heavy atom. The van der Waals surface area contributed by atoms with E-state index in [0.29, 0.717) is 17.7 Å². The molecule has 0 radical (unpaired) electrons. The maximum Gasteiger partial charge on any atom is 0.251 e. The number of nitrogens with zero attached hydrogens (tertiary/aromatic N) is 2. The number of fused-ring (bicyclic) bond motifs is 1. The Hall–Kier alpha value is -4.19. The van der Waals surface area contributed by atoms with Gasteiger partial charge in [-0.25, -0.2) is 4.68 Å². The summed E-state index contributed by atoms with van der Waals surface area (Å²) in [5, 5.41) is 10.4. The van der Waals surface area contributed by atoms with Crippen molar-refractivity contribution in [3.05, 3.63) is 114 Å². The first-order valence-corrected chi connectivity index (χ1v) is 11.0. The molecule has 6 heteroatoms. The third-order valence-corrected chi connectivity index (χ3v) is 5.88. The first-order chi connectivity index (χ1) is 16.2. The normalized spacial score (nSPS) is 14.5. The third kappa shape index (κ3) is 4.70. The van der Waals surface area contributed by atoms with Gasteiger partial charge in [-0.05, 0) is 47.7 Å². The van der Waals surface area contributed by atoms with Crippen molar-refractivity contribution in [2.75, 3.05) is 5.32 Å². The van der Waals surface area contributed by atoms with Crippen LogP contribution in [0.25, 0.3) is 5.69 Å². The molecule has 1 aliphatic rings. The Kier molecular flexibility index (Phi) is 5.72. The van der Waals surface area contributed by atoms with Crippen LogP contribution in [0.2, 0.25) is 0 Å². The smallest absolute Gasteiger partial charge is 0.251 e. The van der Waals surface area contributed by atoms with Gasteiger partial charge in [0.05, 0.1) is 36.2 Å². The number of amides is 2. The molecule has 2 N–H and O–H groups in total. The van der Waals surface area contributed by atoms with Crippen LogP contribution in [-0.2, 0) is 17.6 Å². The average molecular weight is 437 g/mol. The molecule has 33 heavy (non-hydrogen) atoms. The maximum atomic E-state index is 12.9. The molecule has 0 saturated carbocycles.